The molecule has 1 amide bonds. The SMILES string of the molecule is C=C(NC(=O)OC)C(=O)O. The van der Waals surface area contributed by atoms with Gasteiger partial charge >= 0.3 is 12.1 Å². The number of hydrogen-bond acceptors (Lipinski definition) is 3. The standard InChI is InChI=1S/C5H7NO4/c1-3(4(7)8)6-5(9)10-2/h1H2,2H3,(H,6,9)(H,7,8). The van der Waals surface area contributed by atoms with Crippen molar-refractivity contribution in [2.75, 3.05) is 7.11 Å². The first kappa shape index (κ1) is 8.48. The Bertz CT molecular complexity index is 174. The monoisotopic (exact) mass is 145 g/mol. The Kier molecular flexibility index (Phi) is 2.96. The summed E-state index contributed by atoms with van der Waals surface area (Å²) in [6, 6.07) is 0. The van der Waals surface area contributed by atoms with Gasteiger partial charge in [0.15, 0.2) is 0 Å². The summed E-state index contributed by atoms with van der Waals surface area (Å²) in [4.78, 5) is 20.3. The van der Waals surface area contributed by atoms with Gasteiger partial charge in [-0.25, -0.2) is 9.59 Å². The van der Waals surface area contributed by atoms with Gasteiger partial charge in [0.1, 0.15) is 5.70 Å². The zero-order valence-corrected chi connectivity index (χ0v) is 5.38. The van der Waals surface area contributed by atoms with Crippen LogP contribution in [0.25, 0.3) is 0 Å². The van der Waals surface area contributed by atoms with Gasteiger partial charge in [-0.3, -0.25) is 5.32 Å². The van der Waals surface area contributed by atoms with Gasteiger partial charge < -0.3 is 9.84 Å². The van der Waals surface area contributed by atoms with E-state index in [0.717, 1.165) is 7.11 Å². The molecule has 0 unspecified atom stereocenters. The number of carbonyl (C=O) groups excluding carboxylic acids is 1. The van der Waals surface area contributed by atoms with E-state index in [-0.39, 0.29) is 0 Å². The summed E-state index contributed by atoms with van der Waals surface area (Å²) in [5.41, 5.74) is -0.410. The summed E-state index contributed by atoms with van der Waals surface area (Å²) in [5.74, 6) is -1.29. The quantitative estimate of drug-likeness (QED) is 0.534. The third-order valence-corrected chi connectivity index (χ3v) is 0.697. The highest BCUT2D eigenvalue weighted by Gasteiger charge is 2.06. The van der Waals surface area contributed by atoms with Crippen molar-refractivity contribution in [1.29, 1.82) is 0 Å². The van der Waals surface area contributed by atoms with E-state index in [9.17, 15) is 9.59 Å². The number of nitrogens with one attached hydrogen (secondary N) is 1. The molecular formula is C5H7NO4. The Morgan fingerprint density at radius 3 is 2.40 bits per heavy atom. The summed E-state index contributed by atoms with van der Waals surface area (Å²) in [7, 11) is 1.13. The number of amides is 1. The van der Waals surface area contributed by atoms with Crippen LogP contribution in [-0.4, -0.2) is 24.3 Å². The van der Waals surface area contributed by atoms with Gasteiger partial charge in [0.25, 0.3) is 0 Å². The molecule has 0 aliphatic heterocycles. The summed E-state index contributed by atoms with van der Waals surface area (Å²) >= 11 is 0. The van der Waals surface area contributed by atoms with Crippen molar-refractivity contribution >= 4 is 12.1 Å². The molecule has 0 bridgehead atoms. The molecule has 0 radical (unpaired) electrons. The normalized spacial score (nSPS) is 8.10. The lowest BCUT2D eigenvalue weighted by atomic mass is 10.5. The highest BCUT2D eigenvalue weighted by atomic mass is 16.5. The molecule has 0 atom stereocenters. The fourth-order valence-electron chi connectivity index (χ4n) is 0.228. The molecule has 0 aliphatic carbocycles. The van der Waals surface area contributed by atoms with E-state index in [1.165, 1.54) is 0 Å². The van der Waals surface area contributed by atoms with Crippen molar-refractivity contribution in [2.45, 2.75) is 0 Å². The molecule has 0 saturated carbocycles. The highest BCUT2D eigenvalue weighted by molar-refractivity contribution is 5.89. The number of carboxylic acid groups (broad SMARTS) is 1. The number of hydrogen-bond donors (Lipinski definition) is 2. The van der Waals surface area contributed by atoms with Gasteiger partial charge in [-0.2, -0.15) is 0 Å². The predicted molar refractivity (Wildman–Crippen MR) is 32.3 cm³/mol. The van der Waals surface area contributed by atoms with E-state index < -0.39 is 17.8 Å². The van der Waals surface area contributed by atoms with Gasteiger partial charge in [-0.15, -0.1) is 0 Å². The van der Waals surface area contributed by atoms with Crippen LogP contribution in [0, 0.1) is 0 Å². The molecule has 2 N–H and O–H groups in total. The maximum Gasteiger partial charge on any atom is 0.411 e. The molecule has 0 rings (SSSR count). The zero-order valence-electron chi connectivity index (χ0n) is 5.38. The number of carbonyl (C=O) groups is 2. The lowest BCUT2D eigenvalue weighted by Gasteiger charge is -2.00. The molecule has 5 nitrogen and oxygen atoms in total. The molecule has 0 aromatic carbocycles. The van der Waals surface area contributed by atoms with Crippen LogP contribution in [0.1, 0.15) is 0 Å². The predicted octanol–water partition coefficient (Wildman–Crippen LogP) is -0.0593. The number of ether oxygens (including phenoxy) is 1. The van der Waals surface area contributed by atoms with Gasteiger partial charge in [0.05, 0.1) is 7.11 Å². The number of rotatable bonds is 2. The van der Waals surface area contributed by atoms with Crippen molar-refractivity contribution in [3.63, 3.8) is 0 Å². The number of aliphatic carboxylic acids is 1. The third kappa shape index (κ3) is 2.71. The van der Waals surface area contributed by atoms with E-state index in [0.29, 0.717) is 0 Å². The van der Waals surface area contributed by atoms with Gasteiger partial charge in [-0.1, -0.05) is 6.58 Å². The molecule has 56 valence electrons. The van der Waals surface area contributed by atoms with Gasteiger partial charge in [-0.05, 0) is 0 Å². The highest BCUT2D eigenvalue weighted by Crippen LogP contribution is 1.83. The average Bonchev–Trinajstić information content (AvgIpc) is 1.87. The Hall–Kier alpha value is -1.52. The Labute approximate surface area is 57.3 Å². The van der Waals surface area contributed by atoms with Crippen LogP contribution in [0.2, 0.25) is 0 Å². The molecule has 5 heteroatoms. The lowest BCUT2D eigenvalue weighted by Crippen LogP contribution is -2.26. The minimum absolute atomic E-state index is 0.410. The molecule has 0 aromatic rings. The second kappa shape index (κ2) is 3.49. The molecule has 0 aliphatic rings. The van der Waals surface area contributed by atoms with Crippen LogP contribution in [-0.2, 0) is 9.53 Å². The first-order valence-corrected chi connectivity index (χ1v) is 2.35. The van der Waals surface area contributed by atoms with Crippen molar-refractivity contribution in [1.82, 2.24) is 5.32 Å². The first-order valence-electron chi connectivity index (χ1n) is 2.35. The summed E-state index contributed by atoms with van der Waals surface area (Å²) < 4.78 is 4.10. The van der Waals surface area contributed by atoms with E-state index >= 15 is 0 Å². The van der Waals surface area contributed by atoms with Crippen LogP contribution in [0.5, 0.6) is 0 Å². The van der Waals surface area contributed by atoms with Gasteiger partial charge in [0, 0.05) is 0 Å². The van der Waals surface area contributed by atoms with Crippen LogP contribution in [0.15, 0.2) is 12.3 Å². The minimum Gasteiger partial charge on any atom is -0.477 e. The van der Waals surface area contributed by atoms with Crippen molar-refractivity contribution in [3.8, 4) is 0 Å². The Morgan fingerprint density at radius 2 is 2.10 bits per heavy atom. The fourth-order valence-corrected chi connectivity index (χ4v) is 0.228. The molecule has 0 fully saturated rings. The number of alkyl carbamates (subject to hydrolysis) is 1. The van der Waals surface area contributed by atoms with Crippen LogP contribution in [0.4, 0.5) is 4.79 Å². The van der Waals surface area contributed by atoms with E-state index in [1.807, 2.05) is 5.32 Å². The summed E-state index contributed by atoms with van der Waals surface area (Å²) in [6.45, 7) is 3.03. The van der Waals surface area contributed by atoms with E-state index in [1.54, 1.807) is 0 Å². The van der Waals surface area contributed by atoms with Crippen molar-refractivity contribution in [2.24, 2.45) is 0 Å². The minimum atomic E-state index is -1.29. The Balaban J connectivity index is 3.80. The Morgan fingerprint density at radius 1 is 1.60 bits per heavy atom. The second-order valence-corrected chi connectivity index (χ2v) is 1.40. The van der Waals surface area contributed by atoms with Crippen LogP contribution in [0.3, 0.4) is 0 Å². The molecule has 10 heavy (non-hydrogen) atoms. The largest absolute Gasteiger partial charge is 0.477 e. The van der Waals surface area contributed by atoms with Gasteiger partial charge in [0.2, 0.25) is 0 Å². The fraction of sp³-hybridized carbons (Fsp3) is 0.200. The lowest BCUT2D eigenvalue weighted by molar-refractivity contribution is -0.133. The smallest absolute Gasteiger partial charge is 0.411 e. The maximum atomic E-state index is 10.3. The molecule has 0 aromatic heterocycles. The number of methoxy groups -OCH3 is 1. The number of carboxylic acids is 1. The topological polar surface area (TPSA) is 75.6 Å². The molecular weight excluding hydrogens is 138 g/mol. The molecule has 0 spiro atoms. The van der Waals surface area contributed by atoms with Crippen LogP contribution >= 0.6 is 0 Å². The molecule has 0 heterocycles. The maximum absolute atomic E-state index is 10.3. The van der Waals surface area contributed by atoms with Crippen molar-refractivity contribution in [3.05, 3.63) is 12.3 Å². The van der Waals surface area contributed by atoms with E-state index in [2.05, 4.69) is 11.3 Å². The zero-order chi connectivity index (χ0) is 8.15. The summed E-state index contributed by atoms with van der Waals surface area (Å²) in [5, 5.41) is 10.0. The summed E-state index contributed by atoms with van der Waals surface area (Å²) in [6.07, 6.45) is -0.840. The first-order chi connectivity index (χ1) is 4.57. The molecule has 0 saturated heterocycles. The average molecular weight is 145 g/mol. The third-order valence-electron chi connectivity index (χ3n) is 0.697. The second-order valence-electron chi connectivity index (χ2n) is 1.40. The van der Waals surface area contributed by atoms with Crippen molar-refractivity contribution < 1.29 is 19.4 Å². The van der Waals surface area contributed by atoms with Crippen LogP contribution < -0.4 is 5.32 Å². The van der Waals surface area contributed by atoms with E-state index in [4.69, 9.17) is 5.11 Å².